The molecule has 0 saturated carbocycles. The van der Waals surface area contributed by atoms with E-state index in [1.165, 1.54) is 0 Å². The van der Waals surface area contributed by atoms with E-state index in [1.807, 2.05) is 0 Å². The fraction of sp³-hybridized carbons (Fsp3) is 1.00. The van der Waals surface area contributed by atoms with Crippen molar-refractivity contribution in [2.24, 2.45) is 0 Å². The predicted octanol–water partition coefficient (Wildman–Crippen LogP) is -7.94. The number of rotatable bonds is 11. The molecule has 12 N–H and O–H groups in total. The van der Waals surface area contributed by atoms with Gasteiger partial charge in [-0.3, -0.25) is 0 Å². The summed E-state index contributed by atoms with van der Waals surface area (Å²) in [5, 5.41) is 117. The van der Waals surface area contributed by atoms with E-state index < -0.39 is 112 Å². The third-order valence-corrected chi connectivity index (χ3v) is 5.72. The van der Waals surface area contributed by atoms with E-state index in [0.29, 0.717) is 0 Å². The molecule has 0 aromatic heterocycles. The van der Waals surface area contributed by atoms with Crippen molar-refractivity contribution in [3.8, 4) is 0 Å². The maximum atomic E-state index is 10.5. The first-order chi connectivity index (χ1) is 16.0. The second-order valence-corrected chi connectivity index (χ2v) is 8.14. The van der Waals surface area contributed by atoms with E-state index >= 15 is 0 Å². The number of aliphatic hydroxyl groups excluding tert-OH is 12. The summed E-state index contributed by atoms with van der Waals surface area (Å²) in [5.41, 5.74) is 0. The molecule has 16 heteroatoms. The number of hydrogen-bond acceptors (Lipinski definition) is 16. The van der Waals surface area contributed by atoms with Crippen molar-refractivity contribution in [2.75, 3.05) is 26.4 Å². The SMILES string of the molecule is OCC(O)[C@@H](O)[C@H](O)[C@H](O)CO[C@H]1OC(CO)[C@@H](O[C@@H]2O[C@@H](CO)[C@H](O)C(O)C2O)[C@H](O)C1O. The highest BCUT2D eigenvalue weighted by Gasteiger charge is 2.50. The predicted molar refractivity (Wildman–Crippen MR) is 103 cm³/mol. The molecule has 0 aromatic rings. The molecule has 0 radical (unpaired) electrons. The molecule has 0 amide bonds. The smallest absolute Gasteiger partial charge is 0.187 e. The van der Waals surface area contributed by atoms with Crippen molar-refractivity contribution >= 4 is 0 Å². The molecule has 0 spiro atoms. The Morgan fingerprint density at radius 1 is 0.618 bits per heavy atom. The molecule has 2 heterocycles. The van der Waals surface area contributed by atoms with Crippen LogP contribution in [0.2, 0.25) is 0 Å². The highest BCUT2D eigenvalue weighted by atomic mass is 16.7. The molecule has 14 atom stereocenters. The molecular weight excluding hydrogens is 472 g/mol. The zero-order valence-electron chi connectivity index (χ0n) is 17.9. The molecule has 0 bridgehead atoms. The van der Waals surface area contributed by atoms with Gasteiger partial charge < -0.3 is 80.2 Å². The summed E-state index contributed by atoms with van der Waals surface area (Å²) in [7, 11) is 0. The summed E-state index contributed by atoms with van der Waals surface area (Å²) in [6, 6.07) is 0. The van der Waals surface area contributed by atoms with E-state index in [2.05, 4.69) is 0 Å². The van der Waals surface area contributed by atoms with Crippen LogP contribution in [0.3, 0.4) is 0 Å². The highest BCUT2D eigenvalue weighted by Crippen LogP contribution is 2.29. The largest absolute Gasteiger partial charge is 0.394 e. The Hall–Kier alpha value is -0.640. The van der Waals surface area contributed by atoms with Crippen molar-refractivity contribution in [1.82, 2.24) is 0 Å². The Balaban J connectivity index is 2.01. The third kappa shape index (κ3) is 6.56. The first kappa shape index (κ1) is 29.6. The van der Waals surface area contributed by atoms with Gasteiger partial charge in [0, 0.05) is 0 Å². The average Bonchev–Trinajstić information content (AvgIpc) is 2.84. The molecule has 2 aliphatic rings. The van der Waals surface area contributed by atoms with E-state index in [4.69, 9.17) is 24.1 Å². The Labute approximate surface area is 193 Å². The molecule has 16 nitrogen and oxygen atoms in total. The summed E-state index contributed by atoms with van der Waals surface area (Å²) in [5.74, 6) is 0. The third-order valence-electron chi connectivity index (χ3n) is 5.72. The number of aliphatic hydroxyl groups is 12. The van der Waals surface area contributed by atoms with Crippen LogP contribution in [-0.2, 0) is 18.9 Å². The molecule has 2 fully saturated rings. The molecule has 2 aliphatic heterocycles. The maximum absolute atomic E-state index is 10.5. The molecular formula is C18H34O16. The lowest BCUT2D eigenvalue weighted by atomic mass is 9.97. The van der Waals surface area contributed by atoms with E-state index in [-0.39, 0.29) is 0 Å². The Kier molecular flexibility index (Phi) is 11.4. The molecule has 0 aromatic carbocycles. The Bertz CT molecular complexity index is 594. The van der Waals surface area contributed by atoms with E-state index in [9.17, 15) is 56.2 Å². The summed E-state index contributed by atoms with van der Waals surface area (Å²) in [6.07, 6.45) is -24.1. The first-order valence-electron chi connectivity index (χ1n) is 10.5. The van der Waals surface area contributed by atoms with Crippen molar-refractivity contribution in [3.05, 3.63) is 0 Å². The van der Waals surface area contributed by atoms with Gasteiger partial charge in [0.1, 0.15) is 73.2 Å². The van der Waals surface area contributed by atoms with Gasteiger partial charge in [-0.2, -0.15) is 0 Å². The van der Waals surface area contributed by atoms with Crippen LogP contribution < -0.4 is 0 Å². The number of hydrogen-bond donors (Lipinski definition) is 12. The van der Waals surface area contributed by atoms with Crippen LogP contribution in [-0.4, -0.2) is 174 Å². The van der Waals surface area contributed by atoms with Gasteiger partial charge in [0.15, 0.2) is 12.6 Å². The molecule has 0 aliphatic carbocycles. The standard InChI is InChI=1S/C18H34O16/c19-1-5(22)9(24)10(25)6(23)4-31-17-15(30)13(28)16(8(3-21)33-17)34-18-14(29)12(27)11(26)7(2-20)32-18/h5-30H,1-4H2/t5?,6-,7+,8?,9-,10-,11+,12?,13-,14?,15?,16-,17+,18+/m1/s1. The fourth-order valence-corrected chi connectivity index (χ4v) is 3.55. The van der Waals surface area contributed by atoms with Crippen LogP contribution >= 0.6 is 0 Å². The van der Waals surface area contributed by atoms with Gasteiger partial charge >= 0.3 is 0 Å². The quantitative estimate of drug-likeness (QED) is 0.124. The minimum atomic E-state index is -1.95. The van der Waals surface area contributed by atoms with Crippen LogP contribution in [0.4, 0.5) is 0 Å². The van der Waals surface area contributed by atoms with Crippen LogP contribution in [0.15, 0.2) is 0 Å². The van der Waals surface area contributed by atoms with Crippen molar-refractivity contribution in [2.45, 2.75) is 85.8 Å². The number of ether oxygens (including phenoxy) is 4. The average molecular weight is 506 g/mol. The van der Waals surface area contributed by atoms with Gasteiger partial charge in [-0.15, -0.1) is 0 Å². The summed E-state index contributed by atoms with van der Waals surface area (Å²) < 4.78 is 21.0. The monoisotopic (exact) mass is 506 g/mol. The second kappa shape index (κ2) is 13.1. The summed E-state index contributed by atoms with van der Waals surface area (Å²) in [6.45, 7) is -3.22. The lowest BCUT2D eigenvalue weighted by molar-refractivity contribution is -0.360. The van der Waals surface area contributed by atoms with Crippen LogP contribution in [0.5, 0.6) is 0 Å². The molecule has 34 heavy (non-hydrogen) atoms. The van der Waals surface area contributed by atoms with Crippen molar-refractivity contribution in [3.63, 3.8) is 0 Å². The molecule has 2 saturated heterocycles. The zero-order chi connectivity index (χ0) is 25.7. The van der Waals surface area contributed by atoms with Gasteiger partial charge in [-0.1, -0.05) is 0 Å². The molecule has 5 unspecified atom stereocenters. The Morgan fingerprint density at radius 3 is 1.71 bits per heavy atom. The van der Waals surface area contributed by atoms with Gasteiger partial charge in [0.2, 0.25) is 0 Å². The normalized spacial score (nSPS) is 42.7. The summed E-state index contributed by atoms with van der Waals surface area (Å²) in [4.78, 5) is 0. The lowest BCUT2D eigenvalue weighted by Gasteiger charge is -2.46. The van der Waals surface area contributed by atoms with Crippen molar-refractivity contribution < 1.29 is 80.2 Å². The lowest BCUT2D eigenvalue weighted by Crippen LogP contribution is -2.64. The van der Waals surface area contributed by atoms with E-state index in [1.54, 1.807) is 0 Å². The van der Waals surface area contributed by atoms with Gasteiger partial charge in [-0.05, 0) is 0 Å². The molecule has 2 rings (SSSR count). The minimum Gasteiger partial charge on any atom is -0.394 e. The van der Waals surface area contributed by atoms with Crippen molar-refractivity contribution in [1.29, 1.82) is 0 Å². The highest BCUT2D eigenvalue weighted by molar-refractivity contribution is 4.94. The van der Waals surface area contributed by atoms with Crippen LogP contribution in [0, 0.1) is 0 Å². The second-order valence-electron chi connectivity index (χ2n) is 8.14. The zero-order valence-corrected chi connectivity index (χ0v) is 17.9. The van der Waals surface area contributed by atoms with Crippen LogP contribution in [0.25, 0.3) is 0 Å². The summed E-state index contributed by atoms with van der Waals surface area (Å²) >= 11 is 0. The molecule has 202 valence electrons. The topological polar surface area (TPSA) is 280 Å². The maximum Gasteiger partial charge on any atom is 0.187 e. The Morgan fingerprint density at radius 2 is 1.15 bits per heavy atom. The van der Waals surface area contributed by atoms with Crippen LogP contribution in [0.1, 0.15) is 0 Å². The van der Waals surface area contributed by atoms with Gasteiger partial charge in [0.05, 0.1) is 26.4 Å². The fourth-order valence-electron chi connectivity index (χ4n) is 3.55. The minimum absolute atomic E-state index is 0.741. The van der Waals surface area contributed by atoms with Gasteiger partial charge in [-0.25, -0.2) is 0 Å². The van der Waals surface area contributed by atoms with E-state index in [0.717, 1.165) is 0 Å². The van der Waals surface area contributed by atoms with Gasteiger partial charge in [0.25, 0.3) is 0 Å². The first-order valence-corrected chi connectivity index (χ1v) is 10.5.